The van der Waals surface area contributed by atoms with Gasteiger partial charge in [-0.3, -0.25) is 0 Å². The van der Waals surface area contributed by atoms with Gasteiger partial charge in [-0.25, -0.2) is 4.79 Å². The zero-order chi connectivity index (χ0) is 13.3. The maximum atomic E-state index is 11.3. The van der Waals surface area contributed by atoms with Gasteiger partial charge in [0.25, 0.3) is 0 Å². The van der Waals surface area contributed by atoms with Crippen LogP contribution in [0.4, 0.5) is 11.4 Å². The number of carboxylic acid groups (broad SMARTS) is 1. The third kappa shape index (κ3) is 2.52. The first kappa shape index (κ1) is 13.4. The van der Waals surface area contributed by atoms with Crippen molar-refractivity contribution in [2.45, 2.75) is 12.5 Å². The van der Waals surface area contributed by atoms with Gasteiger partial charge in [0, 0.05) is 24.5 Å². The lowest BCUT2D eigenvalue weighted by Crippen LogP contribution is -2.32. The molecule has 0 radical (unpaired) electrons. The van der Waals surface area contributed by atoms with Crippen molar-refractivity contribution in [3.05, 3.63) is 22.7 Å². The van der Waals surface area contributed by atoms with Gasteiger partial charge in [-0.1, -0.05) is 11.6 Å². The van der Waals surface area contributed by atoms with E-state index in [1.165, 1.54) is 6.07 Å². The number of nitrogens with zero attached hydrogens (tertiary/aromatic N) is 1. The van der Waals surface area contributed by atoms with Crippen LogP contribution in [-0.2, 0) is 0 Å². The lowest BCUT2D eigenvalue weighted by atomic mass is 10.1. The standard InChI is InChI=1S/C12H15ClN2O2S/c1-15(8-2-3-18-6-8)11-9(12(16)17)4-7(14)5-10(11)13/h4-5,8H,2-3,6,14H2,1H3,(H,16,17). The minimum absolute atomic E-state index is 0.166. The molecule has 1 unspecified atom stereocenters. The predicted octanol–water partition coefficient (Wildman–Crippen LogP) is 2.56. The fourth-order valence-electron chi connectivity index (χ4n) is 2.15. The van der Waals surface area contributed by atoms with E-state index in [1.54, 1.807) is 6.07 Å². The SMILES string of the molecule is CN(c1c(Cl)cc(N)cc1C(=O)O)C1CCSC1. The quantitative estimate of drug-likeness (QED) is 0.836. The van der Waals surface area contributed by atoms with E-state index in [0.717, 1.165) is 17.9 Å². The highest BCUT2D eigenvalue weighted by molar-refractivity contribution is 7.99. The van der Waals surface area contributed by atoms with Gasteiger partial charge < -0.3 is 15.7 Å². The maximum Gasteiger partial charge on any atom is 0.337 e. The van der Waals surface area contributed by atoms with Crippen LogP contribution in [0.5, 0.6) is 0 Å². The Morgan fingerprint density at radius 1 is 1.61 bits per heavy atom. The van der Waals surface area contributed by atoms with Gasteiger partial charge in [-0.05, 0) is 24.3 Å². The molecule has 1 aliphatic rings. The number of benzene rings is 1. The van der Waals surface area contributed by atoms with Gasteiger partial charge in [0.1, 0.15) is 0 Å². The molecule has 1 aromatic rings. The third-order valence-corrected chi connectivity index (χ3v) is 4.56. The lowest BCUT2D eigenvalue weighted by Gasteiger charge is -2.28. The van der Waals surface area contributed by atoms with Crippen LogP contribution in [0.3, 0.4) is 0 Å². The van der Waals surface area contributed by atoms with Gasteiger partial charge in [0.2, 0.25) is 0 Å². The molecule has 0 spiro atoms. The number of hydrogen-bond acceptors (Lipinski definition) is 4. The Morgan fingerprint density at radius 2 is 2.33 bits per heavy atom. The summed E-state index contributed by atoms with van der Waals surface area (Å²) < 4.78 is 0. The maximum absolute atomic E-state index is 11.3. The highest BCUT2D eigenvalue weighted by Gasteiger charge is 2.26. The summed E-state index contributed by atoms with van der Waals surface area (Å²) in [7, 11) is 1.89. The first-order chi connectivity index (χ1) is 8.50. The molecule has 1 atom stereocenters. The van der Waals surface area contributed by atoms with Crippen LogP contribution in [0, 0.1) is 0 Å². The molecule has 0 saturated carbocycles. The Hall–Kier alpha value is -1.07. The summed E-state index contributed by atoms with van der Waals surface area (Å²) in [6.45, 7) is 0. The molecule has 0 amide bonds. The van der Waals surface area contributed by atoms with E-state index < -0.39 is 5.97 Å². The Labute approximate surface area is 115 Å². The molecule has 0 aromatic heterocycles. The highest BCUT2D eigenvalue weighted by Crippen LogP contribution is 2.35. The number of rotatable bonds is 3. The number of hydrogen-bond donors (Lipinski definition) is 2. The number of nitrogens with two attached hydrogens (primary N) is 1. The molecule has 18 heavy (non-hydrogen) atoms. The number of halogens is 1. The van der Waals surface area contributed by atoms with Crippen molar-refractivity contribution in [1.82, 2.24) is 0 Å². The van der Waals surface area contributed by atoms with Gasteiger partial charge in [-0.2, -0.15) is 11.8 Å². The topological polar surface area (TPSA) is 66.6 Å². The smallest absolute Gasteiger partial charge is 0.337 e. The molecule has 1 aromatic carbocycles. The van der Waals surface area contributed by atoms with Crippen LogP contribution in [0.1, 0.15) is 16.8 Å². The molecular formula is C12H15ClN2O2S. The van der Waals surface area contributed by atoms with Crippen molar-refractivity contribution >= 4 is 40.7 Å². The van der Waals surface area contributed by atoms with Gasteiger partial charge in [0.05, 0.1) is 16.3 Å². The van der Waals surface area contributed by atoms with Crippen LogP contribution in [-0.4, -0.2) is 35.7 Å². The van der Waals surface area contributed by atoms with Crippen molar-refractivity contribution in [2.24, 2.45) is 0 Å². The summed E-state index contributed by atoms with van der Waals surface area (Å²) in [5, 5.41) is 9.66. The molecule has 1 fully saturated rings. The molecule has 4 nitrogen and oxygen atoms in total. The number of carbonyl (C=O) groups is 1. The summed E-state index contributed by atoms with van der Waals surface area (Å²) in [6, 6.07) is 3.39. The summed E-state index contributed by atoms with van der Waals surface area (Å²) in [5.41, 5.74) is 6.75. The number of aromatic carboxylic acids is 1. The number of nitrogen functional groups attached to an aromatic ring is 1. The van der Waals surface area contributed by atoms with E-state index in [0.29, 0.717) is 22.4 Å². The number of anilines is 2. The molecule has 2 rings (SSSR count). The molecule has 0 aliphatic carbocycles. The average molecular weight is 287 g/mol. The van der Waals surface area contributed by atoms with Crippen molar-refractivity contribution in [3.63, 3.8) is 0 Å². The Balaban J connectivity index is 2.44. The monoisotopic (exact) mass is 286 g/mol. The summed E-state index contributed by atoms with van der Waals surface area (Å²) in [5.74, 6) is 1.09. The van der Waals surface area contributed by atoms with Crippen LogP contribution < -0.4 is 10.6 Å². The minimum Gasteiger partial charge on any atom is -0.478 e. The first-order valence-electron chi connectivity index (χ1n) is 5.63. The summed E-state index contributed by atoms with van der Waals surface area (Å²) >= 11 is 8.03. The zero-order valence-corrected chi connectivity index (χ0v) is 11.6. The van der Waals surface area contributed by atoms with Crippen LogP contribution in [0.25, 0.3) is 0 Å². The molecule has 98 valence electrons. The van der Waals surface area contributed by atoms with Crippen LogP contribution in [0.2, 0.25) is 5.02 Å². The fourth-order valence-corrected chi connectivity index (χ4v) is 3.78. The third-order valence-electron chi connectivity index (χ3n) is 3.12. The van der Waals surface area contributed by atoms with Gasteiger partial charge in [0.15, 0.2) is 0 Å². The van der Waals surface area contributed by atoms with E-state index in [4.69, 9.17) is 17.3 Å². The van der Waals surface area contributed by atoms with E-state index in [-0.39, 0.29) is 5.56 Å². The van der Waals surface area contributed by atoms with Gasteiger partial charge >= 0.3 is 5.97 Å². The van der Waals surface area contributed by atoms with Crippen molar-refractivity contribution in [1.29, 1.82) is 0 Å². The molecule has 1 aliphatic heterocycles. The normalized spacial score (nSPS) is 18.9. The highest BCUT2D eigenvalue weighted by atomic mass is 35.5. The van der Waals surface area contributed by atoms with Crippen molar-refractivity contribution in [2.75, 3.05) is 29.2 Å². The fraction of sp³-hybridized carbons (Fsp3) is 0.417. The van der Waals surface area contributed by atoms with Crippen molar-refractivity contribution < 1.29 is 9.90 Å². The molecule has 1 saturated heterocycles. The summed E-state index contributed by atoms with van der Waals surface area (Å²) in [4.78, 5) is 13.3. The number of carboxylic acids is 1. The minimum atomic E-state index is -1.00. The predicted molar refractivity (Wildman–Crippen MR) is 77.0 cm³/mol. The Morgan fingerprint density at radius 3 is 2.89 bits per heavy atom. The average Bonchev–Trinajstić information content (AvgIpc) is 2.80. The lowest BCUT2D eigenvalue weighted by molar-refractivity contribution is 0.0697. The zero-order valence-electron chi connectivity index (χ0n) is 10.0. The van der Waals surface area contributed by atoms with E-state index in [1.807, 2.05) is 23.7 Å². The largest absolute Gasteiger partial charge is 0.478 e. The van der Waals surface area contributed by atoms with Crippen LogP contribution in [0.15, 0.2) is 12.1 Å². The molecule has 0 bridgehead atoms. The van der Waals surface area contributed by atoms with E-state index >= 15 is 0 Å². The van der Waals surface area contributed by atoms with E-state index in [2.05, 4.69) is 0 Å². The second kappa shape index (κ2) is 5.28. The Bertz CT molecular complexity index is 475. The van der Waals surface area contributed by atoms with Gasteiger partial charge in [-0.15, -0.1) is 0 Å². The molecule has 1 heterocycles. The second-order valence-corrected chi connectivity index (χ2v) is 5.89. The molecule has 6 heteroatoms. The Kier molecular flexibility index (Phi) is 3.92. The molecule has 3 N–H and O–H groups in total. The first-order valence-corrected chi connectivity index (χ1v) is 7.17. The van der Waals surface area contributed by atoms with Crippen molar-refractivity contribution in [3.8, 4) is 0 Å². The summed E-state index contributed by atoms with van der Waals surface area (Å²) in [6.07, 6.45) is 1.04. The number of thioether (sulfide) groups is 1. The molecular weight excluding hydrogens is 272 g/mol. The van der Waals surface area contributed by atoms with E-state index in [9.17, 15) is 9.90 Å². The van der Waals surface area contributed by atoms with Crippen LogP contribution >= 0.6 is 23.4 Å². The second-order valence-electron chi connectivity index (χ2n) is 4.33.